The number of aliphatic hydroxyl groups excluding tert-OH is 1. The zero-order valence-corrected chi connectivity index (χ0v) is 12.0. The summed E-state index contributed by atoms with van der Waals surface area (Å²) in [5.74, 6) is -0.799. The van der Waals surface area contributed by atoms with E-state index < -0.39 is 5.82 Å². The molecule has 0 aliphatic carbocycles. The van der Waals surface area contributed by atoms with Gasteiger partial charge in [-0.15, -0.1) is 0 Å². The maximum absolute atomic E-state index is 13.6. The molecule has 1 unspecified atom stereocenters. The number of anilines is 2. The first-order chi connectivity index (χ1) is 10.1. The summed E-state index contributed by atoms with van der Waals surface area (Å²) < 4.78 is 13.6. The van der Waals surface area contributed by atoms with Gasteiger partial charge in [0.05, 0.1) is 18.8 Å². The van der Waals surface area contributed by atoms with Gasteiger partial charge in [0.1, 0.15) is 5.82 Å². The minimum atomic E-state index is -0.507. The monoisotopic (exact) mass is 295 g/mol. The van der Waals surface area contributed by atoms with E-state index in [4.69, 9.17) is 5.73 Å². The molecule has 4 N–H and O–H groups in total. The van der Waals surface area contributed by atoms with E-state index >= 15 is 0 Å². The van der Waals surface area contributed by atoms with E-state index in [-0.39, 0.29) is 30.8 Å². The van der Waals surface area contributed by atoms with Gasteiger partial charge < -0.3 is 16.2 Å². The SMILES string of the molecule is Nc1ccc(F)c(NC(=O)CN2CCCCCC2CO)c1. The van der Waals surface area contributed by atoms with Crippen molar-refractivity contribution >= 4 is 17.3 Å². The van der Waals surface area contributed by atoms with Crippen molar-refractivity contribution < 1.29 is 14.3 Å². The number of nitrogens with zero attached hydrogens (tertiary/aromatic N) is 1. The zero-order chi connectivity index (χ0) is 15.2. The van der Waals surface area contributed by atoms with Crippen molar-refractivity contribution in [2.24, 2.45) is 0 Å². The standard InChI is InChI=1S/C15H22FN3O2/c16-13-6-5-11(17)8-14(13)18-15(21)9-19-7-3-1-2-4-12(19)10-20/h5-6,8,12,20H,1-4,7,9-10,17H2,(H,18,21). The number of benzene rings is 1. The fraction of sp³-hybridized carbons (Fsp3) is 0.533. The lowest BCUT2D eigenvalue weighted by Crippen LogP contribution is -2.42. The molecule has 116 valence electrons. The lowest BCUT2D eigenvalue weighted by atomic mass is 10.1. The van der Waals surface area contributed by atoms with Crippen LogP contribution in [-0.2, 0) is 4.79 Å². The molecule has 1 aromatic carbocycles. The van der Waals surface area contributed by atoms with Crippen molar-refractivity contribution in [3.63, 3.8) is 0 Å². The number of aliphatic hydroxyl groups is 1. The van der Waals surface area contributed by atoms with Crippen molar-refractivity contribution in [1.82, 2.24) is 4.90 Å². The lowest BCUT2D eigenvalue weighted by Gasteiger charge is -2.27. The van der Waals surface area contributed by atoms with E-state index in [0.29, 0.717) is 5.69 Å². The highest BCUT2D eigenvalue weighted by Gasteiger charge is 2.22. The van der Waals surface area contributed by atoms with Crippen LogP contribution < -0.4 is 11.1 Å². The molecule has 0 aromatic heterocycles. The third kappa shape index (κ3) is 4.41. The Kier molecular flexibility index (Phi) is 5.52. The average molecular weight is 295 g/mol. The number of nitrogens with two attached hydrogens (primary N) is 1. The molecule has 0 saturated carbocycles. The Labute approximate surface area is 123 Å². The number of hydrogen-bond donors (Lipinski definition) is 3. The third-order valence-electron chi connectivity index (χ3n) is 3.82. The van der Waals surface area contributed by atoms with Crippen LogP contribution in [0.5, 0.6) is 0 Å². The normalized spacial score (nSPS) is 20.0. The molecule has 0 radical (unpaired) electrons. The predicted octanol–water partition coefficient (Wildman–Crippen LogP) is 1.58. The number of carbonyl (C=O) groups is 1. The van der Waals surface area contributed by atoms with E-state index in [0.717, 1.165) is 32.2 Å². The second-order valence-corrected chi connectivity index (χ2v) is 5.44. The number of halogens is 1. The molecular weight excluding hydrogens is 273 g/mol. The molecule has 1 atom stereocenters. The first-order valence-corrected chi connectivity index (χ1v) is 7.30. The van der Waals surface area contributed by atoms with Crippen LogP contribution in [0.2, 0.25) is 0 Å². The van der Waals surface area contributed by atoms with Gasteiger partial charge in [-0.1, -0.05) is 12.8 Å². The van der Waals surface area contributed by atoms with Gasteiger partial charge in [-0.05, 0) is 37.6 Å². The minimum absolute atomic E-state index is 0.00365. The Balaban J connectivity index is 1.98. The average Bonchev–Trinajstić information content (AvgIpc) is 2.68. The summed E-state index contributed by atoms with van der Waals surface area (Å²) in [7, 11) is 0. The predicted molar refractivity (Wildman–Crippen MR) is 80.4 cm³/mol. The first-order valence-electron chi connectivity index (χ1n) is 7.30. The maximum Gasteiger partial charge on any atom is 0.238 e. The van der Waals surface area contributed by atoms with Gasteiger partial charge in [0.2, 0.25) is 5.91 Å². The first kappa shape index (κ1) is 15.7. The quantitative estimate of drug-likeness (QED) is 0.737. The van der Waals surface area contributed by atoms with E-state index in [9.17, 15) is 14.3 Å². The number of likely N-dealkylation sites (tertiary alicyclic amines) is 1. The van der Waals surface area contributed by atoms with Crippen LogP contribution in [0, 0.1) is 5.82 Å². The molecule has 5 nitrogen and oxygen atoms in total. The molecular formula is C15H22FN3O2. The van der Waals surface area contributed by atoms with Crippen molar-refractivity contribution in [2.45, 2.75) is 31.7 Å². The third-order valence-corrected chi connectivity index (χ3v) is 3.82. The number of nitrogens with one attached hydrogen (secondary N) is 1. The number of rotatable bonds is 4. The fourth-order valence-electron chi connectivity index (χ4n) is 2.66. The van der Waals surface area contributed by atoms with E-state index in [1.165, 1.54) is 18.2 Å². The molecule has 0 spiro atoms. The Bertz CT molecular complexity index is 496. The maximum atomic E-state index is 13.6. The summed E-state index contributed by atoms with van der Waals surface area (Å²) in [5, 5.41) is 12.0. The summed E-state index contributed by atoms with van der Waals surface area (Å²) >= 11 is 0. The van der Waals surface area contributed by atoms with Crippen LogP contribution in [0.15, 0.2) is 18.2 Å². The molecule has 1 amide bonds. The number of nitrogen functional groups attached to an aromatic ring is 1. The summed E-state index contributed by atoms with van der Waals surface area (Å²) in [4.78, 5) is 14.0. The lowest BCUT2D eigenvalue weighted by molar-refractivity contribution is -0.118. The number of amides is 1. The Morgan fingerprint density at radius 2 is 2.24 bits per heavy atom. The van der Waals surface area contributed by atoms with Crippen molar-refractivity contribution in [2.75, 3.05) is 30.7 Å². The van der Waals surface area contributed by atoms with Crippen LogP contribution in [0.3, 0.4) is 0 Å². The summed E-state index contributed by atoms with van der Waals surface area (Å²) in [6.07, 6.45) is 4.07. The molecule has 1 aromatic rings. The van der Waals surface area contributed by atoms with Gasteiger partial charge in [-0.3, -0.25) is 9.69 Å². The fourth-order valence-corrected chi connectivity index (χ4v) is 2.66. The second-order valence-electron chi connectivity index (χ2n) is 5.44. The van der Waals surface area contributed by atoms with E-state index in [2.05, 4.69) is 5.32 Å². The molecule has 1 saturated heterocycles. The topological polar surface area (TPSA) is 78.6 Å². The molecule has 1 aliphatic rings. The van der Waals surface area contributed by atoms with Gasteiger partial charge in [0, 0.05) is 11.7 Å². The van der Waals surface area contributed by atoms with Crippen LogP contribution in [0.4, 0.5) is 15.8 Å². The molecule has 21 heavy (non-hydrogen) atoms. The molecule has 1 heterocycles. The van der Waals surface area contributed by atoms with Crippen LogP contribution in [0.1, 0.15) is 25.7 Å². The number of carbonyl (C=O) groups excluding carboxylic acids is 1. The molecule has 1 aliphatic heterocycles. The molecule has 6 heteroatoms. The largest absolute Gasteiger partial charge is 0.399 e. The second kappa shape index (κ2) is 7.38. The van der Waals surface area contributed by atoms with Gasteiger partial charge in [0.25, 0.3) is 0 Å². The van der Waals surface area contributed by atoms with E-state index in [1.54, 1.807) is 0 Å². The van der Waals surface area contributed by atoms with Gasteiger partial charge >= 0.3 is 0 Å². The summed E-state index contributed by atoms with van der Waals surface area (Å²) in [6, 6.07) is 4.08. The van der Waals surface area contributed by atoms with Gasteiger partial charge in [-0.25, -0.2) is 4.39 Å². The van der Waals surface area contributed by atoms with Crippen LogP contribution in [-0.4, -0.2) is 41.7 Å². The van der Waals surface area contributed by atoms with Crippen molar-refractivity contribution in [3.8, 4) is 0 Å². The van der Waals surface area contributed by atoms with Gasteiger partial charge in [0.15, 0.2) is 0 Å². The minimum Gasteiger partial charge on any atom is -0.399 e. The van der Waals surface area contributed by atoms with Crippen LogP contribution >= 0.6 is 0 Å². The van der Waals surface area contributed by atoms with Gasteiger partial charge in [-0.2, -0.15) is 0 Å². The smallest absolute Gasteiger partial charge is 0.238 e. The van der Waals surface area contributed by atoms with Crippen molar-refractivity contribution in [3.05, 3.63) is 24.0 Å². The van der Waals surface area contributed by atoms with Crippen LogP contribution in [0.25, 0.3) is 0 Å². The highest BCUT2D eigenvalue weighted by Crippen LogP contribution is 2.19. The molecule has 2 rings (SSSR count). The molecule has 0 bridgehead atoms. The molecule has 1 fully saturated rings. The zero-order valence-electron chi connectivity index (χ0n) is 12.0. The highest BCUT2D eigenvalue weighted by atomic mass is 19.1. The van der Waals surface area contributed by atoms with E-state index in [1.807, 2.05) is 4.90 Å². The highest BCUT2D eigenvalue weighted by molar-refractivity contribution is 5.92. The Hall–Kier alpha value is -1.66. The Morgan fingerprint density at radius 3 is 3.00 bits per heavy atom. The summed E-state index contributed by atoms with van der Waals surface area (Å²) in [6.45, 7) is 0.970. The Morgan fingerprint density at radius 1 is 1.43 bits per heavy atom. The number of hydrogen-bond acceptors (Lipinski definition) is 4. The van der Waals surface area contributed by atoms with Crippen molar-refractivity contribution in [1.29, 1.82) is 0 Å². The summed E-state index contributed by atoms with van der Waals surface area (Å²) in [5.41, 5.74) is 6.08.